The largest absolute Gasteiger partial charge is 0.466 e. The summed E-state index contributed by atoms with van der Waals surface area (Å²) >= 11 is 6.10. The minimum absolute atomic E-state index is 0.0876. The highest BCUT2D eigenvalue weighted by Crippen LogP contribution is 2.28. The Hall–Kier alpha value is -1.06. The standard InChI is InChI=1S/C16H24ClNO2/c1-5-20-16(19)7-10(2)6-15(18)13-8-12(4)14(17)9-11(13)3/h8-10,15H,5-7,18H2,1-4H3. The molecule has 3 nitrogen and oxygen atoms in total. The van der Waals surface area contributed by atoms with Crippen LogP contribution in [-0.4, -0.2) is 12.6 Å². The van der Waals surface area contributed by atoms with Gasteiger partial charge in [0, 0.05) is 17.5 Å². The highest BCUT2D eigenvalue weighted by molar-refractivity contribution is 6.31. The molecule has 0 radical (unpaired) electrons. The Morgan fingerprint density at radius 1 is 1.35 bits per heavy atom. The molecule has 1 aromatic rings. The average Bonchev–Trinajstić information content (AvgIpc) is 2.33. The van der Waals surface area contributed by atoms with Gasteiger partial charge in [-0.1, -0.05) is 24.6 Å². The van der Waals surface area contributed by atoms with Gasteiger partial charge in [-0.25, -0.2) is 0 Å². The van der Waals surface area contributed by atoms with Gasteiger partial charge >= 0.3 is 5.97 Å². The molecule has 0 fully saturated rings. The number of hydrogen-bond acceptors (Lipinski definition) is 3. The second kappa shape index (κ2) is 7.65. The van der Waals surface area contributed by atoms with Crippen LogP contribution in [0.1, 0.15) is 49.4 Å². The Kier molecular flexibility index (Phi) is 6.50. The van der Waals surface area contributed by atoms with Crippen molar-refractivity contribution in [1.82, 2.24) is 0 Å². The molecule has 1 aromatic carbocycles. The smallest absolute Gasteiger partial charge is 0.306 e. The van der Waals surface area contributed by atoms with Crippen molar-refractivity contribution in [3.8, 4) is 0 Å². The summed E-state index contributed by atoms with van der Waals surface area (Å²) in [6, 6.07) is 3.90. The quantitative estimate of drug-likeness (QED) is 0.809. The number of carbonyl (C=O) groups is 1. The molecule has 20 heavy (non-hydrogen) atoms. The zero-order valence-electron chi connectivity index (χ0n) is 12.7. The van der Waals surface area contributed by atoms with E-state index in [1.54, 1.807) is 0 Å². The Morgan fingerprint density at radius 2 is 2.00 bits per heavy atom. The fourth-order valence-electron chi connectivity index (χ4n) is 2.35. The number of halogens is 1. The highest BCUT2D eigenvalue weighted by Gasteiger charge is 2.17. The van der Waals surface area contributed by atoms with Crippen molar-refractivity contribution in [1.29, 1.82) is 0 Å². The van der Waals surface area contributed by atoms with Crippen molar-refractivity contribution in [3.05, 3.63) is 33.8 Å². The van der Waals surface area contributed by atoms with E-state index >= 15 is 0 Å². The first-order valence-corrected chi connectivity index (χ1v) is 7.40. The molecular weight excluding hydrogens is 274 g/mol. The minimum Gasteiger partial charge on any atom is -0.466 e. The molecule has 112 valence electrons. The third kappa shape index (κ3) is 4.80. The summed E-state index contributed by atoms with van der Waals surface area (Å²) in [5.74, 6) is 0.0376. The summed E-state index contributed by atoms with van der Waals surface area (Å²) in [4.78, 5) is 11.5. The summed E-state index contributed by atoms with van der Waals surface area (Å²) < 4.78 is 4.96. The molecule has 0 saturated carbocycles. The van der Waals surface area contributed by atoms with Crippen molar-refractivity contribution in [3.63, 3.8) is 0 Å². The molecule has 2 unspecified atom stereocenters. The number of ether oxygens (including phenoxy) is 1. The molecular formula is C16H24ClNO2. The number of aryl methyl sites for hydroxylation is 2. The van der Waals surface area contributed by atoms with Gasteiger partial charge in [-0.3, -0.25) is 4.79 Å². The second-order valence-corrected chi connectivity index (χ2v) is 5.82. The van der Waals surface area contributed by atoms with Gasteiger partial charge in [0.2, 0.25) is 0 Å². The molecule has 0 aliphatic carbocycles. The molecule has 4 heteroatoms. The van der Waals surface area contributed by atoms with Crippen LogP contribution < -0.4 is 5.73 Å². The van der Waals surface area contributed by atoms with Gasteiger partial charge < -0.3 is 10.5 Å². The highest BCUT2D eigenvalue weighted by atomic mass is 35.5. The van der Waals surface area contributed by atoms with Gasteiger partial charge in [-0.2, -0.15) is 0 Å². The number of carbonyl (C=O) groups excluding carboxylic acids is 1. The van der Waals surface area contributed by atoms with Gasteiger partial charge in [0.1, 0.15) is 0 Å². The summed E-state index contributed by atoms with van der Waals surface area (Å²) in [6.45, 7) is 8.24. The third-order valence-electron chi connectivity index (χ3n) is 3.42. The number of nitrogens with two attached hydrogens (primary N) is 1. The van der Waals surface area contributed by atoms with E-state index in [0.29, 0.717) is 13.0 Å². The predicted octanol–water partition coefficient (Wildman–Crippen LogP) is 3.94. The molecule has 0 spiro atoms. The first kappa shape index (κ1) is 17.0. The summed E-state index contributed by atoms with van der Waals surface area (Å²) in [5, 5.41) is 0.762. The molecule has 0 bridgehead atoms. The van der Waals surface area contributed by atoms with Crippen molar-refractivity contribution < 1.29 is 9.53 Å². The number of benzene rings is 1. The lowest BCUT2D eigenvalue weighted by Crippen LogP contribution is -2.18. The predicted molar refractivity (Wildman–Crippen MR) is 82.9 cm³/mol. The van der Waals surface area contributed by atoms with Crippen LogP contribution in [0.15, 0.2) is 12.1 Å². The monoisotopic (exact) mass is 297 g/mol. The lowest BCUT2D eigenvalue weighted by atomic mass is 9.91. The van der Waals surface area contributed by atoms with Gasteiger partial charge in [0.15, 0.2) is 0 Å². The molecule has 0 amide bonds. The van der Waals surface area contributed by atoms with Crippen LogP contribution in [0, 0.1) is 19.8 Å². The van der Waals surface area contributed by atoms with E-state index < -0.39 is 0 Å². The maximum Gasteiger partial charge on any atom is 0.306 e. The van der Waals surface area contributed by atoms with Gasteiger partial charge in [-0.05, 0) is 55.9 Å². The number of hydrogen-bond donors (Lipinski definition) is 1. The first-order chi connectivity index (χ1) is 9.35. The summed E-state index contributed by atoms with van der Waals surface area (Å²) in [7, 11) is 0. The van der Waals surface area contributed by atoms with E-state index in [1.807, 2.05) is 39.8 Å². The van der Waals surface area contributed by atoms with Crippen molar-refractivity contribution in [2.24, 2.45) is 11.7 Å². The molecule has 0 aliphatic heterocycles. The molecule has 0 heterocycles. The van der Waals surface area contributed by atoms with E-state index in [9.17, 15) is 4.79 Å². The Bertz CT molecular complexity index is 474. The average molecular weight is 298 g/mol. The Balaban J connectivity index is 2.69. The molecule has 0 aromatic heterocycles. The van der Waals surface area contributed by atoms with Crippen LogP contribution >= 0.6 is 11.6 Å². The normalized spacial score (nSPS) is 13.9. The maximum atomic E-state index is 11.5. The molecule has 0 aliphatic rings. The fraction of sp³-hybridized carbons (Fsp3) is 0.562. The molecule has 2 atom stereocenters. The number of esters is 1. The number of rotatable bonds is 6. The molecule has 1 rings (SSSR count). The summed E-state index contributed by atoms with van der Waals surface area (Å²) in [5.41, 5.74) is 9.49. The van der Waals surface area contributed by atoms with E-state index in [2.05, 4.69) is 0 Å². The van der Waals surface area contributed by atoms with Crippen molar-refractivity contribution in [2.45, 2.75) is 46.6 Å². The molecule has 2 N–H and O–H groups in total. The van der Waals surface area contributed by atoms with E-state index in [-0.39, 0.29) is 17.9 Å². The Labute approximate surface area is 126 Å². The van der Waals surface area contributed by atoms with E-state index in [0.717, 1.165) is 28.1 Å². The van der Waals surface area contributed by atoms with Crippen molar-refractivity contribution >= 4 is 17.6 Å². The van der Waals surface area contributed by atoms with Crippen molar-refractivity contribution in [2.75, 3.05) is 6.61 Å². The van der Waals surface area contributed by atoms with Crippen LogP contribution in [-0.2, 0) is 9.53 Å². The third-order valence-corrected chi connectivity index (χ3v) is 3.83. The van der Waals surface area contributed by atoms with Gasteiger partial charge in [0.05, 0.1) is 6.61 Å². The van der Waals surface area contributed by atoms with Crippen LogP contribution in [0.25, 0.3) is 0 Å². The SMILES string of the molecule is CCOC(=O)CC(C)CC(N)c1cc(C)c(Cl)cc1C. The van der Waals surface area contributed by atoms with Crippen LogP contribution in [0.4, 0.5) is 0 Å². The van der Waals surface area contributed by atoms with Crippen LogP contribution in [0.2, 0.25) is 5.02 Å². The fourth-order valence-corrected chi connectivity index (χ4v) is 2.57. The van der Waals surface area contributed by atoms with Gasteiger partial charge in [0.25, 0.3) is 0 Å². The zero-order valence-corrected chi connectivity index (χ0v) is 13.5. The molecule has 0 saturated heterocycles. The maximum absolute atomic E-state index is 11.5. The van der Waals surface area contributed by atoms with Gasteiger partial charge in [-0.15, -0.1) is 0 Å². The van der Waals surface area contributed by atoms with E-state index in [4.69, 9.17) is 22.1 Å². The minimum atomic E-state index is -0.156. The van der Waals surface area contributed by atoms with Crippen LogP contribution in [0.5, 0.6) is 0 Å². The van der Waals surface area contributed by atoms with E-state index in [1.165, 1.54) is 0 Å². The topological polar surface area (TPSA) is 52.3 Å². The lowest BCUT2D eigenvalue weighted by Gasteiger charge is -2.20. The summed E-state index contributed by atoms with van der Waals surface area (Å²) in [6.07, 6.45) is 1.16. The zero-order chi connectivity index (χ0) is 15.3. The lowest BCUT2D eigenvalue weighted by molar-refractivity contribution is -0.144. The Morgan fingerprint density at radius 3 is 2.60 bits per heavy atom. The van der Waals surface area contributed by atoms with Crippen LogP contribution in [0.3, 0.4) is 0 Å². The first-order valence-electron chi connectivity index (χ1n) is 7.03. The second-order valence-electron chi connectivity index (χ2n) is 5.41.